The molecule has 1 aromatic carbocycles. The lowest BCUT2D eigenvalue weighted by atomic mass is 10.2. The molecule has 3 aromatic rings. The molecule has 0 atom stereocenters. The average molecular weight is 320 g/mol. The van der Waals surface area contributed by atoms with E-state index in [1.165, 1.54) is 0 Å². The Bertz CT molecular complexity index is 820. The van der Waals surface area contributed by atoms with E-state index in [9.17, 15) is 0 Å². The minimum atomic E-state index is 0.287. The van der Waals surface area contributed by atoms with Crippen molar-refractivity contribution in [1.82, 2.24) is 15.0 Å². The zero-order valence-electron chi connectivity index (χ0n) is 10.8. The summed E-state index contributed by atoms with van der Waals surface area (Å²) >= 11 is 12.4. The van der Waals surface area contributed by atoms with Crippen molar-refractivity contribution in [3.63, 3.8) is 0 Å². The Hall–Kier alpha value is -2.24. The molecule has 0 bridgehead atoms. The Morgan fingerprint density at radius 3 is 2.62 bits per heavy atom. The maximum absolute atomic E-state index is 6.21. The highest BCUT2D eigenvalue weighted by Gasteiger charge is 2.14. The van der Waals surface area contributed by atoms with Crippen LogP contribution in [0.2, 0.25) is 10.0 Å². The Labute approximate surface area is 130 Å². The van der Waals surface area contributed by atoms with Crippen LogP contribution in [0.25, 0.3) is 22.4 Å². The van der Waals surface area contributed by atoms with Crippen LogP contribution in [0.1, 0.15) is 0 Å². The van der Waals surface area contributed by atoms with Gasteiger partial charge in [0.05, 0.1) is 26.9 Å². The van der Waals surface area contributed by atoms with E-state index in [1.807, 2.05) is 0 Å². The summed E-state index contributed by atoms with van der Waals surface area (Å²) < 4.78 is 0. The number of fused-ring (bicyclic) bond motifs is 1. The molecule has 0 saturated heterocycles. The van der Waals surface area contributed by atoms with Crippen LogP contribution < -0.4 is 11.1 Å². The van der Waals surface area contributed by atoms with Gasteiger partial charge in [-0.25, -0.2) is 9.97 Å². The summed E-state index contributed by atoms with van der Waals surface area (Å²) in [6.07, 6.45) is 1.64. The molecule has 0 amide bonds. The molecule has 0 aliphatic heterocycles. The van der Waals surface area contributed by atoms with Gasteiger partial charge >= 0.3 is 0 Å². The van der Waals surface area contributed by atoms with Gasteiger partial charge in [0.15, 0.2) is 5.82 Å². The fourth-order valence-electron chi connectivity index (χ4n) is 2.02. The lowest BCUT2D eigenvalue weighted by Gasteiger charge is -2.03. The molecule has 0 radical (unpaired) electrons. The highest BCUT2D eigenvalue weighted by molar-refractivity contribution is 6.39. The summed E-state index contributed by atoms with van der Waals surface area (Å²) in [4.78, 5) is 11.9. The van der Waals surface area contributed by atoms with E-state index in [2.05, 4.69) is 26.8 Å². The van der Waals surface area contributed by atoms with Gasteiger partial charge in [0.25, 0.3) is 0 Å². The summed E-state index contributed by atoms with van der Waals surface area (Å²) in [6.45, 7) is 3.60. The molecule has 2 aromatic heterocycles. The minimum Gasteiger partial charge on any atom is -0.386 e. The van der Waals surface area contributed by atoms with Crippen molar-refractivity contribution in [2.75, 3.05) is 5.32 Å². The molecule has 0 spiro atoms. The number of nitrogens with one attached hydrogen (secondary N) is 2. The Kier molecular flexibility index (Phi) is 3.45. The molecule has 21 heavy (non-hydrogen) atoms. The SMILES string of the molecule is C=C(N)Nc1nccc2[nH]c(-c3c(Cl)cccc3Cl)nc12. The largest absolute Gasteiger partial charge is 0.386 e. The van der Waals surface area contributed by atoms with Crippen molar-refractivity contribution < 1.29 is 0 Å². The molecular weight excluding hydrogens is 309 g/mol. The highest BCUT2D eigenvalue weighted by atomic mass is 35.5. The number of aromatic amines is 1. The molecule has 4 N–H and O–H groups in total. The maximum Gasteiger partial charge on any atom is 0.159 e. The number of benzene rings is 1. The Morgan fingerprint density at radius 2 is 1.95 bits per heavy atom. The van der Waals surface area contributed by atoms with Crippen molar-refractivity contribution in [3.8, 4) is 11.4 Å². The van der Waals surface area contributed by atoms with Gasteiger partial charge < -0.3 is 16.0 Å². The number of hydrogen-bond donors (Lipinski definition) is 3. The van der Waals surface area contributed by atoms with Crippen LogP contribution in [0.4, 0.5) is 5.82 Å². The van der Waals surface area contributed by atoms with Crippen molar-refractivity contribution >= 4 is 40.1 Å². The molecule has 0 saturated carbocycles. The zero-order chi connectivity index (χ0) is 15.0. The topological polar surface area (TPSA) is 79.6 Å². The number of imidazole rings is 1. The number of pyridine rings is 1. The molecule has 5 nitrogen and oxygen atoms in total. The van der Waals surface area contributed by atoms with E-state index >= 15 is 0 Å². The Balaban J connectivity index is 2.20. The van der Waals surface area contributed by atoms with Crippen molar-refractivity contribution in [1.29, 1.82) is 0 Å². The maximum atomic E-state index is 6.21. The molecule has 3 rings (SSSR count). The van der Waals surface area contributed by atoms with Gasteiger partial charge in [-0.15, -0.1) is 0 Å². The first-order chi connectivity index (χ1) is 10.1. The van der Waals surface area contributed by atoms with E-state index < -0.39 is 0 Å². The number of nitrogens with two attached hydrogens (primary N) is 1. The molecule has 0 aliphatic rings. The molecular formula is C14H11Cl2N5. The van der Waals surface area contributed by atoms with Crippen LogP contribution in [0.5, 0.6) is 0 Å². The first-order valence-corrected chi connectivity index (χ1v) is 6.82. The van der Waals surface area contributed by atoms with Gasteiger partial charge in [-0.05, 0) is 18.2 Å². The third kappa shape index (κ3) is 2.53. The first kappa shape index (κ1) is 13.7. The van der Waals surface area contributed by atoms with Gasteiger partial charge in [0, 0.05) is 6.20 Å². The molecule has 0 unspecified atom stereocenters. The van der Waals surface area contributed by atoms with Gasteiger partial charge in [-0.3, -0.25) is 0 Å². The van der Waals surface area contributed by atoms with Crippen LogP contribution >= 0.6 is 23.2 Å². The van der Waals surface area contributed by atoms with E-state index in [0.717, 1.165) is 5.52 Å². The predicted molar refractivity (Wildman–Crippen MR) is 86.3 cm³/mol. The standard InChI is InChI=1S/C14H11Cl2N5/c1-7(17)19-14-12-10(5-6-18-14)20-13(21-12)11-8(15)3-2-4-9(11)16/h2-6H,1,17H2,(H,18,19)(H,20,21). The lowest BCUT2D eigenvalue weighted by molar-refractivity contribution is 1.25. The fraction of sp³-hybridized carbons (Fsp3) is 0. The highest BCUT2D eigenvalue weighted by Crippen LogP contribution is 2.34. The monoisotopic (exact) mass is 319 g/mol. The van der Waals surface area contributed by atoms with Crippen LogP contribution in [0, 0.1) is 0 Å². The zero-order valence-corrected chi connectivity index (χ0v) is 12.3. The van der Waals surface area contributed by atoms with E-state index in [-0.39, 0.29) is 5.82 Å². The van der Waals surface area contributed by atoms with E-state index in [1.54, 1.807) is 30.5 Å². The second-order valence-corrected chi connectivity index (χ2v) is 5.20. The second-order valence-electron chi connectivity index (χ2n) is 4.39. The van der Waals surface area contributed by atoms with Gasteiger partial charge in [0.1, 0.15) is 11.3 Å². The van der Waals surface area contributed by atoms with Crippen molar-refractivity contribution in [2.45, 2.75) is 0 Å². The third-order valence-corrected chi connectivity index (χ3v) is 3.51. The quantitative estimate of drug-likeness (QED) is 0.686. The smallest absolute Gasteiger partial charge is 0.159 e. The number of nitrogens with zero attached hydrogens (tertiary/aromatic N) is 2. The van der Waals surface area contributed by atoms with Gasteiger partial charge in [-0.1, -0.05) is 35.8 Å². The minimum absolute atomic E-state index is 0.287. The van der Waals surface area contributed by atoms with Crippen LogP contribution in [0.15, 0.2) is 42.9 Å². The lowest BCUT2D eigenvalue weighted by Crippen LogP contribution is -2.08. The number of aromatic nitrogens is 3. The molecule has 0 fully saturated rings. The fourth-order valence-corrected chi connectivity index (χ4v) is 2.60. The summed E-state index contributed by atoms with van der Waals surface area (Å²) in [7, 11) is 0. The number of H-pyrrole nitrogens is 1. The summed E-state index contributed by atoms with van der Waals surface area (Å²) in [5, 5.41) is 3.91. The normalized spacial score (nSPS) is 10.8. The number of anilines is 1. The molecule has 7 heteroatoms. The van der Waals surface area contributed by atoms with Gasteiger partial charge in [-0.2, -0.15) is 0 Å². The summed E-state index contributed by atoms with van der Waals surface area (Å²) in [5.74, 6) is 1.38. The third-order valence-electron chi connectivity index (χ3n) is 2.88. The average Bonchev–Trinajstić information content (AvgIpc) is 2.82. The van der Waals surface area contributed by atoms with Crippen molar-refractivity contribution in [3.05, 3.63) is 52.9 Å². The second kappa shape index (κ2) is 5.27. The van der Waals surface area contributed by atoms with E-state index in [0.29, 0.717) is 32.8 Å². The van der Waals surface area contributed by atoms with Gasteiger partial charge in [0.2, 0.25) is 0 Å². The molecule has 0 aliphatic carbocycles. The Morgan fingerprint density at radius 1 is 1.24 bits per heavy atom. The predicted octanol–water partition coefficient (Wildman–Crippen LogP) is 3.77. The number of halogens is 2. The van der Waals surface area contributed by atoms with Crippen LogP contribution in [-0.2, 0) is 0 Å². The van der Waals surface area contributed by atoms with Crippen LogP contribution in [-0.4, -0.2) is 15.0 Å². The summed E-state index contributed by atoms with van der Waals surface area (Å²) in [5.41, 5.74) is 7.63. The first-order valence-electron chi connectivity index (χ1n) is 6.07. The number of hydrogen-bond acceptors (Lipinski definition) is 4. The molecule has 2 heterocycles. The van der Waals surface area contributed by atoms with E-state index in [4.69, 9.17) is 28.9 Å². The van der Waals surface area contributed by atoms with Crippen LogP contribution in [0.3, 0.4) is 0 Å². The molecule has 106 valence electrons. The number of rotatable bonds is 3. The van der Waals surface area contributed by atoms with Crippen molar-refractivity contribution in [2.24, 2.45) is 5.73 Å². The summed E-state index contributed by atoms with van der Waals surface area (Å²) in [6, 6.07) is 7.11.